The highest BCUT2D eigenvalue weighted by Crippen LogP contribution is 2.17. The summed E-state index contributed by atoms with van der Waals surface area (Å²) in [5, 5.41) is 11.6. The van der Waals surface area contributed by atoms with Crippen LogP contribution in [0.25, 0.3) is 0 Å². The number of para-hydroxylation sites is 1. The van der Waals surface area contributed by atoms with Crippen LogP contribution >= 0.6 is 0 Å². The van der Waals surface area contributed by atoms with E-state index in [-0.39, 0.29) is 17.4 Å². The summed E-state index contributed by atoms with van der Waals surface area (Å²) in [6.45, 7) is 2.34. The third kappa shape index (κ3) is 3.85. The summed E-state index contributed by atoms with van der Waals surface area (Å²) in [5.74, 6) is -1.42. The van der Waals surface area contributed by atoms with E-state index in [1.807, 2.05) is 0 Å². The molecule has 5 nitrogen and oxygen atoms in total. The second-order valence-corrected chi connectivity index (χ2v) is 4.17. The quantitative estimate of drug-likeness (QED) is 0.716. The van der Waals surface area contributed by atoms with E-state index in [1.165, 1.54) is 6.07 Å². The summed E-state index contributed by atoms with van der Waals surface area (Å²) >= 11 is 0. The van der Waals surface area contributed by atoms with Crippen molar-refractivity contribution in [1.82, 2.24) is 0 Å². The minimum atomic E-state index is -1.06. The molecule has 1 unspecified atom stereocenters. The van der Waals surface area contributed by atoms with E-state index in [9.17, 15) is 9.59 Å². The lowest BCUT2D eigenvalue weighted by atomic mass is 10.0. The third-order valence-corrected chi connectivity index (χ3v) is 2.70. The number of carboxylic acids is 1. The molecule has 0 aliphatic carbocycles. The number of carbonyl (C=O) groups excluding carboxylic acids is 1. The highest BCUT2D eigenvalue weighted by Gasteiger charge is 2.16. The number of rotatable bonds is 6. The molecule has 0 bridgehead atoms. The van der Waals surface area contributed by atoms with Crippen molar-refractivity contribution in [3.8, 4) is 0 Å². The van der Waals surface area contributed by atoms with E-state index in [2.05, 4.69) is 5.32 Å². The summed E-state index contributed by atoms with van der Waals surface area (Å²) in [7, 11) is 0. The van der Waals surface area contributed by atoms with Crippen molar-refractivity contribution in [1.29, 1.82) is 0 Å². The fourth-order valence-electron chi connectivity index (χ4n) is 1.59. The lowest BCUT2D eigenvalue weighted by Gasteiger charge is -2.13. The highest BCUT2D eigenvalue weighted by molar-refractivity contribution is 6.01. The first-order chi connectivity index (χ1) is 8.56. The molecule has 98 valence electrons. The molecular weight excluding hydrogens is 232 g/mol. The van der Waals surface area contributed by atoms with Gasteiger partial charge in [0, 0.05) is 5.92 Å². The Morgan fingerprint density at radius 3 is 2.67 bits per heavy atom. The zero-order valence-corrected chi connectivity index (χ0v) is 10.3. The Kier molecular flexibility index (Phi) is 5.32. The van der Waals surface area contributed by atoms with Crippen LogP contribution in [0.3, 0.4) is 0 Å². The number of nitrogens with one attached hydrogen (secondary N) is 1. The summed E-state index contributed by atoms with van der Waals surface area (Å²) in [5.41, 5.74) is 5.81. The summed E-state index contributed by atoms with van der Waals surface area (Å²) in [6, 6.07) is 6.35. The number of anilines is 1. The van der Waals surface area contributed by atoms with Crippen LogP contribution in [0.5, 0.6) is 0 Å². The molecule has 0 radical (unpaired) electrons. The normalized spacial score (nSPS) is 11.9. The van der Waals surface area contributed by atoms with Gasteiger partial charge in [-0.15, -0.1) is 0 Å². The van der Waals surface area contributed by atoms with Crippen molar-refractivity contribution in [3.05, 3.63) is 29.8 Å². The predicted octanol–water partition coefficient (Wildman–Crippen LogP) is 1.70. The Bertz CT molecular complexity index is 432. The van der Waals surface area contributed by atoms with E-state index >= 15 is 0 Å². The molecule has 0 saturated carbocycles. The molecule has 5 heteroatoms. The largest absolute Gasteiger partial charge is 0.478 e. The lowest BCUT2D eigenvalue weighted by molar-refractivity contribution is -0.119. The number of carbonyl (C=O) groups is 2. The predicted molar refractivity (Wildman–Crippen MR) is 69.5 cm³/mol. The van der Waals surface area contributed by atoms with Crippen LogP contribution in [-0.2, 0) is 4.79 Å². The van der Waals surface area contributed by atoms with Gasteiger partial charge in [-0.1, -0.05) is 19.1 Å². The van der Waals surface area contributed by atoms with Crippen molar-refractivity contribution in [2.24, 2.45) is 11.7 Å². The maximum Gasteiger partial charge on any atom is 0.337 e. The molecule has 0 spiro atoms. The summed E-state index contributed by atoms with van der Waals surface area (Å²) < 4.78 is 0. The Morgan fingerprint density at radius 1 is 1.39 bits per heavy atom. The number of aromatic carboxylic acids is 1. The van der Waals surface area contributed by atoms with Crippen LogP contribution in [0.1, 0.15) is 30.1 Å². The number of hydrogen-bond acceptors (Lipinski definition) is 3. The highest BCUT2D eigenvalue weighted by atomic mass is 16.4. The second-order valence-electron chi connectivity index (χ2n) is 4.17. The van der Waals surface area contributed by atoms with Crippen LogP contribution < -0.4 is 11.1 Å². The Balaban J connectivity index is 2.72. The van der Waals surface area contributed by atoms with Crippen molar-refractivity contribution in [3.63, 3.8) is 0 Å². The van der Waals surface area contributed by atoms with Gasteiger partial charge in [-0.05, 0) is 31.5 Å². The maximum absolute atomic E-state index is 11.8. The minimum Gasteiger partial charge on any atom is -0.478 e. The minimum absolute atomic E-state index is 0.0943. The van der Waals surface area contributed by atoms with Crippen molar-refractivity contribution < 1.29 is 14.7 Å². The Morgan fingerprint density at radius 2 is 2.06 bits per heavy atom. The molecular formula is C13H18N2O3. The average molecular weight is 250 g/mol. The molecule has 18 heavy (non-hydrogen) atoms. The molecule has 1 amide bonds. The topological polar surface area (TPSA) is 92.4 Å². The number of benzene rings is 1. The average Bonchev–Trinajstić information content (AvgIpc) is 2.36. The molecule has 0 fully saturated rings. The van der Waals surface area contributed by atoms with Crippen molar-refractivity contribution >= 4 is 17.6 Å². The van der Waals surface area contributed by atoms with Gasteiger partial charge in [-0.25, -0.2) is 4.79 Å². The maximum atomic E-state index is 11.8. The standard InChI is InChI=1S/C13H18N2O3/c1-9(5-4-8-14)12(16)15-11-7-3-2-6-10(11)13(17)18/h2-3,6-7,9H,4-5,8,14H2,1H3,(H,15,16)(H,17,18). The van der Waals surface area contributed by atoms with E-state index in [4.69, 9.17) is 10.8 Å². The van der Waals surface area contributed by atoms with Crippen LogP contribution in [0.2, 0.25) is 0 Å². The Labute approximate surface area is 106 Å². The van der Waals surface area contributed by atoms with E-state index in [1.54, 1.807) is 25.1 Å². The molecule has 1 atom stereocenters. The molecule has 0 aromatic heterocycles. The van der Waals surface area contributed by atoms with Gasteiger partial charge in [0.25, 0.3) is 0 Å². The van der Waals surface area contributed by atoms with Gasteiger partial charge in [0.1, 0.15) is 0 Å². The van der Waals surface area contributed by atoms with Crippen molar-refractivity contribution in [2.45, 2.75) is 19.8 Å². The number of hydrogen-bond donors (Lipinski definition) is 3. The zero-order valence-electron chi connectivity index (χ0n) is 10.3. The van der Waals surface area contributed by atoms with Crippen LogP contribution in [0.15, 0.2) is 24.3 Å². The monoisotopic (exact) mass is 250 g/mol. The molecule has 0 aliphatic heterocycles. The van der Waals surface area contributed by atoms with Gasteiger partial charge in [0.2, 0.25) is 5.91 Å². The number of carboxylic acid groups (broad SMARTS) is 1. The molecule has 1 aromatic carbocycles. The zero-order chi connectivity index (χ0) is 13.5. The van der Waals surface area contributed by atoms with Gasteiger partial charge < -0.3 is 16.2 Å². The van der Waals surface area contributed by atoms with Crippen molar-refractivity contribution in [2.75, 3.05) is 11.9 Å². The van der Waals surface area contributed by atoms with E-state index < -0.39 is 5.97 Å². The molecule has 0 saturated heterocycles. The van der Waals surface area contributed by atoms with E-state index in [0.29, 0.717) is 18.7 Å². The molecule has 4 N–H and O–H groups in total. The third-order valence-electron chi connectivity index (χ3n) is 2.70. The molecule has 0 heterocycles. The summed E-state index contributed by atoms with van der Waals surface area (Å²) in [6.07, 6.45) is 1.47. The van der Waals surface area contributed by atoms with Gasteiger partial charge in [0.15, 0.2) is 0 Å². The van der Waals surface area contributed by atoms with Crippen LogP contribution in [0.4, 0.5) is 5.69 Å². The molecule has 1 rings (SSSR count). The summed E-state index contributed by atoms with van der Waals surface area (Å²) in [4.78, 5) is 22.8. The lowest BCUT2D eigenvalue weighted by Crippen LogP contribution is -2.22. The number of nitrogens with two attached hydrogens (primary N) is 1. The fourth-order valence-corrected chi connectivity index (χ4v) is 1.59. The first kappa shape index (κ1) is 14.2. The number of amides is 1. The van der Waals surface area contributed by atoms with Gasteiger partial charge >= 0.3 is 5.97 Å². The first-order valence-electron chi connectivity index (χ1n) is 5.89. The Hall–Kier alpha value is -1.88. The van der Waals surface area contributed by atoms with Gasteiger partial charge in [0.05, 0.1) is 11.3 Å². The van der Waals surface area contributed by atoms with Crippen LogP contribution in [0, 0.1) is 5.92 Å². The molecule has 0 aliphatic rings. The van der Waals surface area contributed by atoms with Crippen LogP contribution in [-0.4, -0.2) is 23.5 Å². The van der Waals surface area contributed by atoms with Gasteiger partial charge in [-0.3, -0.25) is 4.79 Å². The SMILES string of the molecule is CC(CCCN)C(=O)Nc1ccccc1C(=O)O. The first-order valence-corrected chi connectivity index (χ1v) is 5.89. The second kappa shape index (κ2) is 6.76. The van der Waals surface area contributed by atoms with Gasteiger partial charge in [-0.2, -0.15) is 0 Å². The molecule has 1 aromatic rings. The smallest absolute Gasteiger partial charge is 0.337 e. The van der Waals surface area contributed by atoms with E-state index in [0.717, 1.165) is 6.42 Å². The fraction of sp³-hybridized carbons (Fsp3) is 0.385.